The van der Waals surface area contributed by atoms with E-state index >= 15 is 0 Å². The summed E-state index contributed by atoms with van der Waals surface area (Å²) in [5.74, 6) is 1.71. The summed E-state index contributed by atoms with van der Waals surface area (Å²) in [7, 11) is 0. The number of nitrogens with one attached hydrogen (secondary N) is 1. The molecular formula is C13H18ClNO. The average Bonchev–Trinajstić information content (AvgIpc) is 3.06. The number of benzene rings is 1. The number of halogens is 1. The maximum absolute atomic E-state index is 6.02. The molecule has 0 atom stereocenters. The third-order valence-corrected chi connectivity index (χ3v) is 3.07. The number of rotatable bonds is 6. The van der Waals surface area contributed by atoms with E-state index in [1.807, 2.05) is 25.1 Å². The van der Waals surface area contributed by atoms with Crippen molar-refractivity contribution in [2.75, 3.05) is 19.7 Å². The van der Waals surface area contributed by atoms with Gasteiger partial charge in [-0.1, -0.05) is 17.7 Å². The standard InChI is InChI=1S/C13H18ClNO/c1-10-2-5-12(14)13(8-10)16-7-6-15-9-11-3-4-11/h2,5,8,11,15H,3-4,6-7,9H2,1H3. The third kappa shape index (κ3) is 3.69. The molecule has 1 aromatic rings. The molecule has 1 aromatic carbocycles. The van der Waals surface area contributed by atoms with E-state index in [1.165, 1.54) is 18.4 Å². The minimum absolute atomic E-state index is 0.676. The first-order valence-corrected chi connectivity index (χ1v) is 6.23. The molecule has 0 heterocycles. The van der Waals surface area contributed by atoms with Crippen LogP contribution in [0.4, 0.5) is 0 Å². The minimum Gasteiger partial charge on any atom is -0.491 e. The predicted molar refractivity (Wildman–Crippen MR) is 67.3 cm³/mol. The number of ether oxygens (including phenoxy) is 1. The molecule has 0 aromatic heterocycles. The highest BCUT2D eigenvalue weighted by atomic mass is 35.5. The van der Waals surface area contributed by atoms with Crippen LogP contribution in [0.15, 0.2) is 18.2 Å². The molecule has 1 N–H and O–H groups in total. The van der Waals surface area contributed by atoms with Crippen LogP contribution in [0.3, 0.4) is 0 Å². The SMILES string of the molecule is Cc1ccc(Cl)c(OCCNCC2CC2)c1. The van der Waals surface area contributed by atoms with Crippen LogP contribution >= 0.6 is 11.6 Å². The predicted octanol–water partition coefficient (Wildman–Crippen LogP) is 3.03. The third-order valence-electron chi connectivity index (χ3n) is 2.75. The topological polar surface area (TPSA) is 21.3 Å². The van der Waals surface area contributed by atoms with Crippen molar-refractivity contribution < 1.29 is 4.74 Å². The Kier molecular flexibility index (Phi) is 4.08. The Balaban J connectivity index is 1.69. The fraction of sp³-hybridized carbons (Fsp3) is 0.538. The van der Waals surface area contributed by atoms with E-state index < -0.39 is 0 Å². The normalized spacial score (nSPS) is 15.1. The maximum atomic E-state index is 6.02. The quantitative estimate of drug-likeness (QED) is 0.771. The molecule has 2 nitrogen and oxygen atoms in total. The molecule has 0 aliphatic heterocycles. The van der Waals surface area contributed by atoms with Crippen LogP contribution in [0.5, 0.6) is 5.75 Å². The van der Waals surface area contributed by atoms with Gasteiger partial charge in [-0.25, -0.2) is 0 Å². The lowest BCUT2D eigenvalue weighted by atomic mass is 10.2. The Morgan fingerprint density at radius 2 is 2.25 bits per heavy atom. The van der Waals surface area contributed by atoms with Crippen LogP contribution in [0.2, 0.25) is 5.02 Å². The fourth-order valence-corrected chi connectivity index (χ4v) is 1.75. The van der Waals surface area contributed by atoms with E-state index in [2.05, 4.69) is 5.32 Å². The van der Waals surface area contributed by atoms with E-state index in [0.29, 0.717) is 11.6 Å². The van der Waals surface area contributed by atoms with Crippen molar-refractivity contribution in [2.24, 2.45) is 5.92 Å². The highest BCUT2D eigenvalue weighted by Gasteiger charge is 2.19. The molecule has 1 aliphatic carbocycles. The summed E-state index contributed by atoms with van der Waals surface area (Å²) in [5, 5.41) is 4.07. The first kappa shape index (κ1) is 11.7. The second-order valence-corrected chi connectivity index (χ2v) is 4.84. The molecule has 3 heteroatoms. The Hall–Kier alpha value is -0.730. The van der Waals surface area contributed by atoms with Crippen LogP contribution in [0, 0.1) is 12.8 Å². The molecule has 16 heavy (non-hydrogen) atoms. The van der Waals surface area contributed by atoms with Gasteiger partial charge in [0.15, 0.2) is 0 Å². The first-order chi connectivity index (χ1) is 7.75. The summed E-state index contributed by atoms with van der Waals surface area (Å²) < 4.78 is 5.63. The van der Waals surface area contributed by atoms with Crippen molar-refractivity contribution in [1.82, 2.24) is 5.32 Å². The highest BCUT2D eigenvalue weighted by Crippen LogP contribution is 2.27. The Bertz CT molecular complexity index is 350. The maximum Gasteiger partial charge on any atom is 0.138 e. The molecular weight excluding hydrogens is 222 g/mol. The Morgan fingerprint density at radius 1 is 1.44 bits per heavy atom. The van der Waals surface area contributed by atoms with Crippen LogP contribution in [0.1, 0.15) is 18.4 Å². The van der Waals surface area contributed by atoms with Gasteiger partial charge >= 0.3 is 0 Å². The van der Waals surface area contributed by atoms with Crippen LogP contribution in [-0.4, -0.2) is 19.7 Å². The van der Waals surface area contributed by atoms with E-state index in [1.54, 1.807) is 0 Å². The largest absolute Gasteiger partial charge is 0.491 e. The molecule has 0 radical (unpaired) electrons. The average molecular weight is 240 g/mol. The summed E-state index contributed by atoms with van der Waals surface area (Å²) in [5.41, 5.74) is 1.17. The van der Waals surface area contributed by atoms with Crippen molar-refractivity contribution >= 4 is 11.6 Å². The van der Waals surface area contributed by atoms with Gasteiger partial charge in [-0.15, -0.1) is 0 Å². The zero-order valence-electron chi connectivity index (χ0n) is 9.63. The number of hydrogen-bond donors (Lipinski definition) is 1. The molecule has 88 valence electrons. The van der Waals surface area contributed by atoms with Gasteiger partial charge in [-0.3, -0.25) is 0 Å². The smallest absolute Gasteiger partial charge is 0.138 e. The van der Waals surface area contributed by atoms with Crippen LogP contribution in [-0.2, 0) is 0 Å². The van der Waals surface area contributed by atoms with Crippen molar-refractivity contribution in [2.45, 2.75) is 19.8 Å². The lowest BCUT2D eigenvalue weighted by Gasteiger charge is -2.09. The molecule has 0 amide bonds. The first-order valence-electron chi connectivity index (χ1n) is 5.85. The second kappa shape index (κ2) is 5.55. The van der Waals surface area contributed by atoms with Gasteiger partial charge in [0.1, 0.15) is 12.4 Å². The van der Waals surface area contributed by atoms with E-state index in [4.69, 9.17) is 16.3 Å². The van der Waals surface area contributed by atoms with Gasteiger partial charge in [0, 0.05) is 6.54 Å². The van der Waals surface area contributed by atoms with Gasteiger partial charge in [0.05, 0.1) is 5.02 Å². The summed E-state index contributed by atoms with van der Waals surface area (Å²) in [4.78, 5) is 0. The summed E-state index contributed by atoms with van der Waals surface area (Å²) in [6.07, 6.45) is 2.77. The molecule has 0 spiro atoms. The van der Waals surface area contributed by atoms with Gasteiger partial charge in [-0.05, 0) is 49.9 Å². The number of aryl methyl sites for hydroxylation is 1. The molecule has 1 saturated carbocycles. The van der Waals surface area contributed by atoms with Crippen molar-refractivity contribution in [3.8, 4) is 5.75 Å². The van der Waals surface area contributed by atoms with Crippen molar-refractivity contribution in [3.63, 3.8) is 0 Å². The van der Waals surface area contributed by atoms with Crippen LogP contribution < -0.4 is 10.1 Å². The van der Waals surface area contributed by atoms with Gasteiger partial charge < -0.3 is 10.1 Å². The van der Waals surface area contributed by atoms with Crippen molar-refractivity contribution in [1.29, 1.82) is 0 Å². The fourth-order valence-electron chi connectivity index (χ4n) is 1.58. The van der Waals surface area contributed by atoms with Crippen LogP contribution in [0.25, 0.3) is 0 Å². The zero-order valence-corrected chi connectivity index (χ0v) is 10.4. The molecule has 1 aliphatic rings. The number of hydrogen-bond acceptors (Lipinski definition) is 2. The molecule has 0 saturated heterocycles. The lowest BCUT2D eigenvalue weighted by molar-refractivity contribution is 0.313. The Morgan fingerprint density at radius 3 is 3.00 bits per heavy atom. The molecule has 2 rings (SSSR count). The molecule has 0 bridgehead atoms. The zero-order chi connectivity index (χ0) is 11.4. The molecule has 0 unspecified atom stereocenters. The monoisotopic (exact) mass is 239 g/mol. The van der Waals surface area contributed by atoms with Gasteiger partial charge in [-0.2, -0.15) is 0 Å². The molecule has 1 fully saturated rings. The van der Waals surface area contributed by atoms with Crippen molar-refractivity contribution in [3.05, 3.63) is 28.8 Å². The summed E-state index contributed by atoms with van der Waals surface area (Å²) in [6.45, 7) is 4.73. The van der Waals surface area contributed by atoms with E-state index in [-0.39, 0.29) is 0 Å². The summed E-state index contributed by atoms with van der Waals surface area (Å²) >= 11 is 6.02. The van der Waals surface area contributed by atoms with E-state index in [9.17, 15) is 0 Å². The van der Waals surface area contributed by atoms with Gasteiger partial charge in [0.2, 0.25) is 0 Å². The van der Waals surface area contributed by atoms with E-state index in [0.717, 1.165) is 24.8 Å². The summed E-state index contributed by atoms with van der Waals surface area (Å²) in [6, 6.07) is 5.84. The van der Waals surface area contributed by atoms with Gasteiger partial charge in [0.25, 0.3) is 0 Å². The Labute approximate surface area is 102 Å². The minimum atomic E-state index is 0.676. The lowest BCUT2D eigenvalue weighted by Crippen LogP contribution is -2.23. The highest BCUT2D eigenvalue weighted by molar-refractivity contribution is 6.32. The second-order valence-electron chi connectivity index (χ2n) is 4.43.